The van der Waals surface area contributed by atoms with E-state index in [-0.39, 0.29) is 33.9 Å². The Morgan fingerprint density at radius 1 is 1.41 bits per heavy atom. The van der Waals surface area contributed by atoms with Crippen LogP contribution in [0.4, 0.5) is 5.13 Å². The molecule has 0 aliphatic carbocycles. The number of anilines is 1. The van der Waals surface area contributed by atoms with E-state index in [0.29, 0.717) is 23.0 Å². The number of oxime groups is 1. The van der Waals surface area contributed by atoms with Gasteiger partial charge in [-0.3, -0.25) is 14.5 Å². The Morgan fingerprint density at radius 3 is 2.78 bits per heavy atom. The van der Waals surface area contributed by atoms with Gasteiger partial charge in [-0.25, -0.2) is 9.79 Å². The van der Waals surface area contributed by atoms with Crippen LogP contribution in [0, 0.1) is 0 Å². The Balaban J connectivity index is 1.49. The number of aliphatic imine (C=N–C) groups is 1. The summed E-state index contributed by atoms with van der Waals surface area (Å²) in [6, 6.07) is -0.972. The SMILES string of the molecule is CCN1C(SCC2=C(C(=O)O)N3C(=O)C(NC(=O)/C(=N\OC)c4nsc(N)n4)[C@@H]3SC2)=NC(N)=CC1N. The number of carbonyl (C=O) groups is 3. The summed E-state index contributed by atoms with van der Waals surface area (Å²) in [4.78, 5) is 54.0. The van der Waals surface area contributed by atoms with Gasteiger partial charge in [0.05, 0.1) is 0 Å². The van der Waals surface area contributed by atoms with Crippen molar-refractivity contribution in [3.05, 3.63) is 29.0 Å². The number of nitrogens with two attached hydrogens (primary N) is 3. The molecule has 198 valence electrons. The Morgan fingerprint density at radius 2 is 2.16 bits per heavy atom. The first-order valence-corrected chi connectivity index (χ1v) is 13.6. The van der Waals surface area contributed by atoms with E-state index in [1.54, 1.807) is 6.08 Å². The summed E-state index contributed by atoms with van der Waals surface area (Å²) in [5, 5.41) is 16.3. The first kappa shape index (κ1) is 26.7. The summed E-state index contributed by atoms with van der Waals surface area (Å²) in [5.74, 6) is -1.72. The van der Waals surface area contributed by atoms with Gasteiger partial charge >= 0.3 is 5.97 Å². The van der Waals surface area contributed by atoms with Gasteiger partial charge < -0.3 is 37.4 Å². The molecule has 3 aliphatic rings. The van der Waals surface area contributed by atoms with Crippen molar-refractivity contribution in [2.75, 3.05) is 30.9 Å². The molecule has 1 fully saturated rings. The molecule has 2 unspecified atom stereocenters. The predicted molar refractivity (Wildman–Crippen MR) is 140 cm³/mol. The first-order valence-electron chi connectivity index (χ1n) is 10.8. The molecule has 4 heterocycles. The second-order valence-corrected chi connectivity index (χ2v) is 10.6. The predicted octanol–water partition coefficient (Wildman–Crippen LogP) is -1.28. The van der Waals surface area contributed by atoms with Gasteiger partial charge in [-0.05, 0) is 18.6 Å². The number of nitrogens with zero attached hydrogens (tertiary/aromatic N) is 6. The lowest BCUT2D eigenvalue weighted by Gasteiger charge is -2.49. The van der Waals surface area contributed by atoms with Crippen molar-refractivity contribution in [1.82, 2.24) is 24.5 Å². The third-order valence-corrected chi connectivity index (χ3v) is 8.43. The number of carboxylic acid groups (broad SMARTS) is 1. The molecule has 15 nitrogen and oxygen atoms in total. The number of fused-ring (bicyclic) bond motifs is 1. The summed E-state index contributed by atoms with van der Waals surface area (Å²) in [5.41, 5.74) is 17.7. The summed E-state index contributed by atoms with van der Waals surface area (Å²) in [7, 11) is 1.25. The maximum absolute atomic E-state index is 13.0. The zero-order valence-electron chi connectivity index (χ0n) is 19.7. The van der Waals surface area contributed by atoms with Crippen LogP contribution in [0.15, 0.2) is 33.3 Å². The number of aliphatic carboxylic acids is 1. The van der Waals surface area contributed by atoms with Crippen LogP contribution in [0.5, 0.6) is 0 Å². The van der Waals surface area contributed by atoms with Crippen molar-refractivity contribution in [2.24, 2.45) is 21.6 Å². The number of β-lactam (4-membered cyclic amide) rings is 1. The van der Waals surface area contributed by atoms with Crippen LogP contribution in [0.1, 0.15) is 12.7 Å². The molecule has 0 spiro atoms. The lowest BCUT2D eigenvalue weighted by molar-refractivity contribution is -0.150. The number of likely N-dealkylation sites (N-methyl/N-ethyl adjacent to an activating group) is 1. The van der Waals surface area contributed by atoms with Gasteiger partial charge in [-0.15, -0.1) is 11.8 Å². The fourth-order valence-electron chi connectivity index (χ4n) is 3.83. The normalized spacial score (nSPS) is 23.7. The molecule has 37 heavy (non-hydrogen) atoms. The quantitative estimate of drug-likeness (QED) is 0.140. The van der Waals surface area contributed by atoms with E-state index in [1.807, 2.05) is 11.8 Å². The molecule has 1 aromatic rings. The Kier molecular flexibility index (Phi) is 7.90. The summed E-state index contributed by atoms with van der Waals surface area (Å²) < 4.78 is 3.95. The van der Waals surface area contributed by atoms with Crippen LogP contribution in [0.25, 0.3) is 0 Å². The third-order valence-electron chi connectivity index (χ3n) is 5.48. The van der Waals surface area contributed by atoms with E-state index in [4.69, 9.17) is 22.0 Å². The molecular formula is C19H24N10O5S3. The van der Waals surface area contributed by atoms with Gasteiger partial charge in [0.25, 0.3) is 11.8 Å². The van der Waals surface area contributed by atoms with Gasteiger partial charge in [0.2, 0.25) is 11.5 Å². The number of rotatable bonds is 8. The third kappa shape index (κ3) is 5.22. The smallest absolute Gasteiger partial charge is 0.352 e. The average Bonchev–Trinajstić information content (AvgIpc) is 3.28. The monoisotopic (exact) mass is 568 g/mol. The number of carboxylic acids is 1. The van der Waals surface area contributed by atoms with Crippen molar-refractivity contribution >= 4 is 68.9 Å². The summed E-state index contributed by atoms with van der Waals surface area (Å²) in [6.07, 6.45) is 1.19. The Bertz CT molecular complexity index is 1240. The van der Waals surface area contributed by atoms with Gasteiger partial charge in [0.15, 0.2) is 10.3 Å². The number of nitrogens with one attached hydrogen (secondary N) is 1. The lowest BCUT2D eigenvalue weighted by Crippen LogP contribution is -2.71. The molecule has 4 rings (SSSR count). The van der Waals surface area contributed by atoms with E-state index < -0.39 is 35.4 Å². The van der Waals surface area contributed by atoms with E-state index in [1.165, 1.54) is 35.5 Å². The van der Waals surface area contributed by atoms with Crippen molar-refractivity contribution in [2.45, 2.75) is 24.5 Å². The van der Waals surface area contributed by atoms with Crippen LogP contribution in [0.2, 0.25) is 0 Å². The van der Waals surface area contributed by atoms with Gasteiger partial charge in [-0.1, -0.05) is 16.9 Å². The molecule has 3 aliphatic heterocycles. The molecular weight excluding hydrogens is 544 g/mol. The highest BCUT2D eigenvalue weighted by Crippen LogP contribution is 2.41. The summed E-state index contributed by atoms with van der Waals surface area (Å²) >= 11 is 3.50. The largest absolute Gasteiger partial charge is 0.477 e. The molecule has 0 aromatic carbocycles. The minimum absolute atomic E-state index is 0.0471. The number of amides is 2. The van der Waals surface area contributed by atoms with Crippen molar-refractivity contribution in [3.8, 4) is 0 Å². The standard InChI is InChI=1S/C19H24N10O5S3/c1-3-28-9(21)4-8(20)23-19(28)36-6-7-5-35-16-11(15(31)29(16)12(7)17(32)33)24-14(30)10(26-34-2)13-25-18(22)37-27-13/h4,9,11,16H,3,5-6,20-21H2,1-2H3,(H,24,30)(H,32,33)(H2,22,25,27)/b26-10-/t9?,11?,16-/m0/s1. The van der Waals surface area contributed by atoms with E-state index in [0.717, 1.165) is 11.5 Å². The maximum Gasteiger partial charge on any atom is 0.352 e. The van der Waals surface area contributed by atoms with Gasteiger partial charge in [0, 0.05) is 29.6 Å². The van der Waals surface area contributed by atoms with E-state index in [2.05, 4.69) is 24.8 Å². The molecule has 0 bridgehead atoms. The lowest BCUT2D eigenvalue weighted by atomic mass is 10.0. The highest BCUT2D eigenvalue weighted by Gasteiger charge is 2.54. The van der Waals surface area contributed by atoms with Crippen LogP contribution >= 0.6 is 35.1 Å². The first-order chi connectivity index (χ1) is 17.7. The number of nitrogen functional groups attached to an aromatic ring is 1. The van der Waals surface area contributed by atoms with Crippen LogP contribution in [-0.4, -0.2) is 95.7 Å². The zero-order chi connectivity index (χ0) is 26.9. The minimum Gasteiger partial charge on any atom is -0.477 e. The molecule has 18 heteroatoms. The molecule has 0 saturated carbocycles. The molecule has 1 aromatic heterocycles. The van der Waals surface area contributed by atoms with Crippen LogP contribution in [0.3, 0.4) is 0 Å². The van der Waals surface area contributed by atoms with Crippen molar-refractivity contribution < 1.29 is 24.3 Å². The fourth-order valence-corrected chi connectivity index (χ4v) is 6.87. The van der Waals surface area contributed by atoms with Gasteiger partial charge in [0.1, 0.15) is 36.2 Å². The second-order valence-electron chi connectivity index (χ2n) is 7.75. The van der Waals surface area contributed by atoms with Crippen LogP contribution in [-0.2, 0) is 19.2 Å². The number of thioether (sulfide) groups is 2. The molecule has 3 atom stereocenters. The average molecular weight is 569 g/mol. The maximum atomic E-state index is 13.0. The van der Waals surface area contributed by atoms with Crippen LogP contribution < -0.4 is 22.5 Å². The fraction of sp³-hybridized carbons (Fsp3) is 0.421. The minimum atomic E-state index is -1.24. The topological polar surface area (TPSA) is 228 Å². The second kappa shape index (κ2) is 11.0. The van der Waals surface area contributed by atoms with Gasteiger partial charge in [-0.2, -0.15) is 9.36 Å². The number of hydrogen-bond acceptors (Lipinski definition) is 15. The highest BCUT2D eigenvalue weighted by atomic mass is 32.2. The Labute approximate surface area is 223 Å². The number of aromatic nitrogens is 2. The molecule has 8 N–H and O–H groups in total. The molecule has 1 saturated heterocycles. The van der Waals surface area contributed by atoms with Crippen molar-refractivity contribution in [3.63, 3.8) is 0 Å². The number of hydrogen-bond donors (Lipinski definition) is 5. The number of carbonyl (C=O) groups excluding carboxylic acids is 2. The van der Waals surface area contributed by atoms with Crippen molar-refractivity contribution in [1.29, 1.82) is 0 Å². The Hall–Kier alpha value is -3.35. The summed E-state index contributed by atoms with van der Waals surface area (Å²) in [6.45, 7) is 2.51. The van der Waals surface area contributed by atoms with E-state index in [9.17, 15) is 19.5 Å². The molecule has 0 radical (unpaired) electrons. The highest BCUT2D eigenvalue weighted by molar-refractivity contribution is 8.14. The molecule has 2 amide bonds. The number of amidine groups is 1. The van der Waals surface area contributed by atoms with E-state index >= 15 is 0 Å². The zero-order valence-corrected chi connectivity index (χ0v) is 22.1.